The molecule has 0 amide bonds. The maximum absolute atomic E-state index is 5.77. The third kappa shape index (κ3) is 2.61. The van der Waals surface area contributed by atoms with Gasteiger partial charge in [0.1, 0.15) is 0 Å². The van der Waals surface area contributed by atoms with E-state index in [1.165, 1.54) is 29.2 Å². The van der Waals surface area contributed by atoms with Gasteiger partial charge in [-0.15, -0.1) is 11.6 Å². The van der Waals surface area contributed by atoms with E-state index in [4.69, 9.17) is 11.6 Å². The molecular formula is C12H16ClNS. The Morgan fingerprint density at radius 2 is 2.13 bits per heavy atom. The summed E-state index contributed by atoms with van der Waals surface area (Å²) in [6, 6.07) is 9.26. The molecule has 0 radical (unpaired) electrons. The molecule has 1 saturated heterocycles. The largest absolute Gasteiger partial charge is 0.371 e. The molecule has 0 aromatic heterocycles. The number of halogens is 1. The van der Waals surface area contributed by atoms with Crippen LogP contribution >= 0.6 is 23.4 Å². The Morgan fingerprint density at radius 1 is 1.40 bits per heavy atom. The van der Waals surface area contributed by atoms with Gasteiger partial charge in [0.15, 0.2) is 0 Å². The summed E-state index contributed by atoms with van der Waals surface area (Å²) in [5, 5.41) is 0. The summed E-state index contributed by atoms with van der Waals surface area (Å²) < 4.78 is 0. The molecule has 82 valence electrons. The van der Waals surface area contributed by atoms with E-state index in [0.717, 1.165) is 0 Å². The molecule has 0 bridgehead atoms. The Bertz CT molecular complexity index is 306. The number of hydrogen-bond donors (Lipinski definition) is 0. The van der Waals surface area contributed by atoms with Crippen LogP contribution in [0.4, 0.5) is 5.69 Å². The lowest BCUT2D eigenvalue weighted by Gasteiger charge is -2.26. The van der Waals surface area contributed by atoms with Gasteiger partial charge in [-0.05, 0) is 29.9 Å². The second kappa shape index (κ2) is 5.13. The molecule has 2 rings (SSSR count). The first-order valence-electron chi connectivity index (χ1n) is 5.27. The van der Waals surface area contributed by atoms with Crippen LogP contribution < -0.4 is 4.90 Å². The summed E-state index contributed by atoms with van der Waals surface area (Å²) in [5.41, 5.74) is 2.49. The molecule has 0 saturated carbocycles. The molecule has 1 atom stereocenters. The molecular weight excluding hydrogens is 226 g/mol. The van der Waals surface area contributed by atoms with Crippen LogP contribution in [0.5, 0.6) is 0 Å². The van der Waals surface area contributed by atoms with Crippen LogP contribution in [0.25, 0.3) is 0 Å². The van der Waals surface area contributed by atoms with Gasteiger partial charge in [0.25, 0.3) is 0 Å². The maximum Gasteiger partial charge on any atom is 0.0474 e. The zero-order valence-electron chi connectivity index (χ0n) is 8.95. The van der Waals surface area contributed by atoms with Crippen LogP contribution in [0, 0.1) is 0 Å². The van der Waals surface area contributed by atoms with Crippen molar-refractivity contribution in [2.75, 3.05) is 23.5 Å². The van der Waals surface area contributed by atoms with Crippen LogP contribution in [-0.2, 0) is 5.88 Å². The summed E-state index contributed by atoms with van der Waals surface area (Å²) in [5.74, 6) is 3.16. The Kier molecular flexibility index (Phi) is 3.81. The average molecular weight is 242 g/mol. The minimum absolute atomic E-state index is 0.600. The number of alkyl halides is 1. The predicted molar refractivity (Wildman–Crippen MR) is 70.1 cm³/mol. The third-order valence-corrected chi connectivity index (χ3v) is 4.40. The van der Waals surface area contributed by atoms with Gasteiger partial charge in [0.05, 0.1) is 0 Å². The molecule has 1 aliphatic heterocycles. The topological polar surface area (TPSA) is 3.24 Å². The number of hydrogen-bond acceptors (Lipinski definition) is 2. The van der Waals surface area contributed by atoms with Crippen molar-refractivity contribution in [3.63, 3.8) is 0 Å². The third-order valence-electron chi connectivity index (χ3n) is 2.95. The van der Waals surface area contributed by atoms with Gasteiger partial charge in [0, 0.05) is 30.4 Å². The second-order valence-corrected chi connectivity index (χ2v) is 5.35. The van der Waals surface area contributed by atoms with Gasteiger partial charge >= 0.3 is 0 Å². The molecule has 15 heavy (non-hydrogen) atoms. The lowest BCUT2D eigenvalue weighted by atomic mass is 10.1. The number of thioether (sulfide) groups is 1. The monoisotopic (exact) mass is 241 g/mol. The Morgan fingerprint density at radius 3 is 2.67 bits per heavy atom. The smallest absolute Gasteiger partial charge is 0.0474 e. The van der Waals surface area contributed by atoms with Crippen molar-refractivity contribution < 1.29 is 0 Å². The maximum atomic E-state index is 5.77. The van der Waals surface area contributed by atoms with E-state index < -0.39 is 0 Å². The van der Waals surface area contributed by atoms with E-state index in [1.54, 1.807) is 0 Å². The summed E-state index contributed by atoms with van der Waals surface area (Å²) in [6.07, 6.45) is 1.30. The van der Waals surface area contributed by atoms with Crippen LogP contribution in [0.2, 0.25) is 0 Å². The van der Waals surface area contributed by atoms with E-state index >= 15 is 0 Å². The van der Waals surface area contributed by atoms with Gasteiger partial charge in [-0.25, -0.2) is 0 Å². The van der Waals surface area contributed by atoms with E-state index in [0.29, 0.717) is 11.9 Å². The minimum atomic E-state index is 0.600. The van der Waals surface area contributed by atoms with E-state index in [-0.39, 0.29) is 0 Å². The Labute approximate surface area is 101 Å². The quantitative estimate of drug-likeness (QED) is 0.747. The van der Waals surface area contributed by atoms with Crippen LogP contribution in [0.3, 0.4) is 0 Å². The standard InChI is InChI=1S/C12H16ClNS/c1-14(12-6-7-15-9-12)11-4-2-10(8-13)3-5-11/h2-5,12H,6-9H2,1H3. The number of nitrogens with zero attached hydrogens (tertiary/aromatic N) is 1. The van der Waals surface area contributed by atoms with Crippen molar-refractivity contribution in [3.8, 4) is 0 Å². The fourth-order valence-electron chi connectivity index (χ4n) is 1.86. The molecule has 0 spiro atoms. The van der Waals surface area contributed by atoms with Crippen molar-refractivity contribution in [3.05, 3.63) is 29.8 Å². The average Bonchev–Trinajstić information content (AvgIpc) is 2.82. The first-order valence-corrected chi connectivity index (χ1v) is 6.95. The second-order valence-electron chi connectivity index (χ2n) is 3.93. The van der Waals surface area contributed by atoms with Gasteiger partial charge < -0.3 is 4.90 Å². The molecule has 0 aliphatic carbocycles. The predicted octanol–water partition coefficient (Wildman–Crippen LogP) is 3.37. The molecule has 3 heteroatoms. The molecule has 1 nitrogen and oxygen atoms in total. The lowest BCUT2D eigenvalue weighted by Crippen LogP contribution is -2.31. The molecule has 1 aromatic carbocycles. The van der Waals surface area contributed by atoms with E-state index in [2.05, 4.69) is 48.0 Å². The fourth-order valence-corrected chi connectivity index (χ4v) is 3.30. The molecule has 1 aromatic rings. The van der Waals surface area contributed by atoms with Crippen molar-refractivity contribution >= 4 is 29.1 Å². The van der Waals surface area contributed by atoms with Crippen molar-refractivity contribution in [1.82, 2.24) is 0 Å². The van der Waals surface area contributed by atoms with E-state index in [1.807, 2.05) is 0 Å². The SMILES string of the molecule is CN(c1ccc(CCl)cc1)C1CCSC1. The molecule has 1 fully saturated rings. The van der Waals surface area contributed by atoms with Gasteiger partial charge in [0.2, 0.25) is 0 Å². The highest BCUT2D eigenvalue weighted by atomic mass is 35.5. The van der Waals surface area contributed by atoms with Crippen LogP contribution in [0.1, 0.15) is 12.0 Å². The molecule has 1 heterocycles. The lowest BCUT2D eigenvalue weighted by molar-refractivity contribution is 0.700. The summed E-state index contributed by atoms with van der Waals surface area (Å²) in [6.45, 7) is 0. The summed E-state index contributed by atoms with van der Waals surface area (Å²) in [7, 11) is 2.19. The van der Waals surface area contributed by atoms with Gasteiger partial charge in [-0.1, -0.05) is 12.1 Å². The number of rotatable bonds is 3. The Hall–Kier alpha value is -0.340. The summed E-state index contributed by atoms with van der Waals surface area (Å²) in [4.78, 5) is 2.39. The normalized spacial score (nSPS) is 20.5. The zero-order chi connectivity index (χ0) is 10.7. The zero-order valence-corrected chi connectivity index (χ0v) is 10.5. The van der Waals surface area contributed by atoms with Crippen molar-refractivity contribution in [2.45, 2.75) is 18.3 Å². The number of anilines is 1. The van der Waals surface area contributed by atoms with Gasteiger partial charge in [-0.3, -0.25) is 0 Å². The fraction of sp³-hybridized carbons (Fsp3) is 0.500. The molecule has 0 N–H and O–H groups in total. The first kappa shape index (κ1) is 11.2. The number of benzene rings is 1. The van der Waals surface area contributed by atoms with Crippen LogP contribution in [-0.4, -0.2) is 24.6 Å². The molecule has 1 aliphatic rings. The highest BCUT2D eigenvalue weighted by Gasteiger charge is 2.19. The van der Waals surface area contributed by atoms with Crippen LogP contribution in [0.15, 0.2) is 24.3 Å². The highest BCUT2D eigenvalue weighted by Crippen LogP contribution is 2.26. The minimum Gasteiger partial charge on any atom is -0.371 e. The molecule has 1 unspecified atom stereocenters. The van der Waals surface area contributed by atoms with Crippen molar-refractivity contribution in [2.24, 2.45) is 0 Å². The van der Waals surface area contributed by atoms with Gasteiger partial charge in [-0.2, -0.15) is 11.8 Å². The highest BCUT2D eigenvalue weighted by molar-refractivity contribution is 7.99. The van der Waals surface area contributed by atoms with E-state index in [9.17, 15) is 0 Å². The Balaban J connectivity index is 2.07. The van der Waals surface area contributed by atoms with Crippen molar-refractivity contribution in [1.29, 1.82) is 0 Å². The first-order chi connectivity index (χ1) is 7.31. The summed E-state index contributed by atoms with van der Waals surface area (Å²) >= 11 is 7.82.